The number of ether oxygens (including phenoxy) is 1. The molecule has 0 saturated heterocycles. The largest absolute Gasteiger partial charge is 0.496 e. The van der Waals surface area contributed by atoms with Crippen molar-refractivity contribution in [1.82, 2.24) is 14.9 Å². The van der Waals surface area contributed by atoms with E-state index in [2.05, 4.69) is 15.3 Å². The van der Waals surface area contributed by atoms with E-state index in [9.17, 15) is 4.79 Å². The number of anilines is 1. The van der Waals surface area contributed by atoms with Crippen LogP contribution in [0.3, 0.4) is 0 Å². The lowest BCUT2D eigenvalue weighted by molar-refractivity contribution is 0.220. The number of methoxy groups -OCH3 is 1. The number of urea groups is 1. The second-order valence-corrected chi connectivity index (χ2v) is 7.28. The molecule has 1 N–H and O–H groups in total. The van der Waals surface area contributed by atoms with Gasteiger partial charge in [-0.3, -0.25) is 0 Å². The Bertz CT molecular complexity index is 950. The van der Waals surface area contributed by atoms with E-state index in [1.54, 1.807) is 37.5 Å². The summed E-state index contributed by atoms with van der Waals surface area (Å²) in [5.74, 6) is 0.838. The Morgan fingerprint density at radius 2 is 1.93 bits per heavy atom. The molecule has 0 aliphatic carbocycles. The molecule has 0 aliphatic heterocycles. The minimum absolute atomic E-state index is 0.187. The monoisotopic (exact) mass is 394 g/mol. The number of hydrogen-bond acceptors (Lipinski definition) is 5. The Balaban J connectivity index is 1.62. The van der Waals surface area contributed by atoms with Crippen LogP contribution in [0.5, 0.6) is 5.75 Å². The third-order valence-electron chi connectivity index (χ3n) is 4.06. The van der Waals surface area contributed by atoms with E-state index in [4.69, 9.17) is 4.74 Å². The summed E-state index contributed by atoms with van der Waals surface area (Å²) in [4.78, 5) is 22.8. The van der Waals surface area contributed by atoms with Crippen LogP contribution in [0.4, 0.5) is 10.5 Å². The average molecular weight is 395 g/mol. The maximum absolute atomic E-state index is 12.5. The van der Waals surface area contributed by atoms with E-state index in [1.165, 1.54) is 11.8 Å². The first-order valence-corrected chi connectivity index (χ1v) is 9.57. The number of nitrogens with zero attached hydrogens (tertiary/aromatic N) is 3. The molecule has 2 amide bonds. The maximum Gasteiger partial charge on any atom is 0.321 e. The molecule has 2 heterocycles. The molecule has 144 valence electrons. The van der Waals surface area contributed by atoms with Crippen LogP contribution >= 0.6 is 11.8 Å². The van der Waals surface area contributed by atoms with Gasteiger partial charge in [0.1, 0.15) is 15.8 Å². The topological polar surface area (TPSA) is 67.3 Å². The van der Waals surface area contributed by atoms with Gasteiger partial charge in [-0.05, 0) is 48.4 Å². The zero-order valence-corrected chi connectivity index (χ0v) is 16.9. The van der Waals surface area contributed by atoms with Crippen molar-refractivity contribution >= 4 is 23.5 Å². The summed E-state index contributed by atoms with van der Waals surface area (Å²) in [6.45, 7) is 2.48. The minimum Gasteiger partial charge on any atom is -0.496 e. The Hall–Kier alpha value is -3.06. The van der Waals surface area contributed by atoms with Gasteiger partial charge in [0.25, 0.3) is 0 Å². The molecule has 0 fully saturated rings. The number of carbonyl (C=O) groups excluding carboxylic acids is 1. The van der Waals surface area contributed by atoms with Crippen LogP contribution in [0, 0.1) is 6.92 Å². The fraction of sp³-hybridized carbons (Fsp3) is 0.190. The summed E-state index contributed by atoms with van der Waals surface area (Å²) in [5, 5.41) is 4.53. The third-order valence-corrected chi connectivity index (χ3v) is 4.94. The highest BCUT2D eigenvalue weighted by Crippen LogP contribution is 2.25. The molecule has 0 atom stereocenters. The lowest BCUT2D eigenvalue weighted by Gasteiger charge is -2.19. The smallest absolute Gasteiger partial charge is 0.321 e. The van der Waals surface area contributed by atoms with Crippen molar-refractivity contribution in [1.29, 1.82) is 0 Å². The van der Waals surface area contributed by atoms with Crippen molar-refractivity contribution in [3.63, 3.8) is 0 Å². The number of nitrogens with one attached hydrogen (secondary N) is 1. The van der Waals surface area contributed by atoms with E-state index in [-0.39, 0.29) is 6.03 Å². The molecule has 7 heteroatoms. The molecule has 3 rings (SSSR count). The Kier molecular flexibility index (Phi) is 6.49. The number of benzene rings is 1. The van der Waals surface area contributed by atoms with Gasteiger partial charge >= 0.3 is 6.03 Å². The second kappa shape index (κ2) is 9.23. The van der Waals surface area contributed by atoms with Crippen LogP contribution in [0.2, 0.25) is 0 Å². The molecule has 0 spiro atoms. The van der Waals surface area contributed by atoms with Gasteiger partial charge < -0.3 is 15.0 Å². The van der Waals surface area contributed by atoms with Gasteiger partial charge in [0.2, 0.25) is 0 Å². The highest BCUT2D eigenvalue weighted by molar-refractivity contribution is 7.99. The van der Waals surface area contributed by atoms with Crippen LogP contribution in [-0.2, 0) is 6.54 Å². The first-order chi connectivity index (χ1) is 13.5. The molecular weight excluding hydrogens is 372 g/mol. The van der Waals surface area contributed by atoms with Crippen LogP contribution in [0.15, 0.2) is 71.0 Å². The number of aryl methyl sites for hydroxylation is 1. The number of rotatable bonds is 6. The van der Waals surface area contributed by atoms with Crippen LogP contribution in [-0.4, -0.2) is 35.1 Å². The molecule has 6 nitrogen and oxygen atoms in total. The van der Waals surface area contributed by atoms with Crippen molar-refractivity contribution in [2.45, 2.75) is 23.5 Å². The number of aromatic nitrogens is 2. The SMILES string of the molecule is COc1ccc(CN(C)C(=O)Nc2ccnc(Sc3ccccn3)c2)cc1C. The first kappa shape index (κ1) is 19.7. The molecular formula is C21H22N4O2S. The van der Waals surface area contributed by atoms with E-state index >= 15 is 0 Å². The van der Waals surface area contributed by atoms with Gasteiger partial charge in [-0.1, -0.05) is 30.0 Å². The zero-order chi connectivity index (χ0) is 19.9. The van der Waals surface area contributed by atoms with Gasteiger partial charge in [0.15, 0.2) is 0 Å². The highest BCUT2D eigenvalue weighted by atomic mass is 32.2. The fourth-order valence-electron chi connectivity index (χ4n) is 2.66. The number of carbonyl (C=O) groups is 1. The summed E-state index contributed by atoms with van der Waals surface area (Å²) in [6.07, 6.45) is 3.41. The van der Waals surface area contributed by atoms with E-state index in [0.717, 1.165) is 26.9 Å². The van der Waals surface area contributed by atoms with Crippen LogP contribution in [0.1, 0.15) is 11.1 Å². The normalized spacial score (nSPS) is 10.4. The molecule has 3 aromatic rings. The van der Waals surface area contributed by atoms with Crippen molar-refractivity contribution in [2.24, 2.45) is 0 Å². The summed E-state index contributed by atoms with van der Waals surface area (Å²) in [6, 6.07) is 15.0. The van der Waals surface area contributed by atoms with Gasteiger partial charge in [0, 0.05) is 31.7 Å². The Morgan fingerprint density at radius 1 is 1.11 bits per heavy atom. The molecule has 0 saturated carbocycles. The van der Waals surface area contributed by atoms with Crippen molar-refractivity contribution in [3.8, 4) is 5.75 Å². The molecule has 28 heavy (non-hydrogen) atoms. The molecule has 0 unspecified atom stereocenters. The lowest BCUT2D eigenvalue weighted by atomic mass is 10.1. The summed E-state index contributed by atoms with van der Waals surface area (Å²) in [7, 11) is 3.41. The molecule has 1 aromatic carbocycles. The number of hydrogen-bond donors (Lipinski definition) is 1. The standard InChI is InChI=1S/C21H22N4O2S/c1-15-12-16(7-8-18(15)27-3)14-25(2)21(26)24-17-9-11-23-20(13-17)28-19-6-4-5-10-22-19/h4-13H,14H2,1-3H3,(H,23,24,26). The summed E-state index contributed by atoms with van der Waals surface area (Å²) >= 11 is 1.45. The highest BCUT2D eigenvalue weighted by Gasteiger charge is 2.11. The number of pyridine rings is 2. The third kappa shape index (κ3) is 5.23. The average Bonchev–Trinajstić information content (AvgIpc) is 2.69. The van der Waals surface area contributed by atoms with E-state index in [0.29, 0.717) is 12.2 Å². The Morgan fingerprint density at radius 3 is 2.64 bits per heavy atom. The number of amides is 2. The van der Waals surface area contributed by atoms with E-state index < -0.39 is 0 Å². The zero-order valence-electron chi connectivity index (χ0n) is 16.0. The van der Waals surface area contributed by atoms with Crippen molar-refractivity contribution in [2.75, 3.05) is 19.5 Å². The summed E-state index contributed by atoms with van der Waals surface area (Å²) in [5.41, 5.74) is 2.77. The van der Waals surface area contributed by atoms with Crippen molar-refractivity contribution in [3.05, 3.63) is 72.1 Å². The van der Waals surface area contributed by atoms with Crippen molar-refractivity contribution < 1.29 is 9.53 Å². The lowest BCUT2D eigenvalue weighted by Crippen LogP contribution is -2.30. The van der Waals surface area contributed by atoms with E-state index in [1.807, 2.05) is 49.4 Å². The molecule has 2 aromatic heterocycles. The van der Waals surface area contributed by atoms with Gasteiger partial charge in [-0.25, -0.2) is 14.8 Å². The predicted octanol–water partition coefficient (Wildman–Crippen LogP) is 4.61. The Labute approximate surface area is 169 Å². The second-order valence-electron chi connectivity index (χ2n) is 6.24. The fourth-order valence-corrected chi connectivity index (χ4v) is 3.43. The van der Waals surface area contributed by atoms with Crippen LogP contribution in [0.25, 0.3) is 0 Å². The first-order valence-electron chi connectivity index (χ1n) is 8.76. The predicted molar refractivity (Wildman–Crippen MR) is 111 cm³/mol. The van der Waals surface area contributed by atoms with Gasteiger partial charge in [-0.15, -0.1) is 0 Å². The van der Waals surface area contributed by atoms with Gasteiger partial charge in [-0.2, -0.15) is 0 Å². The quantitative estimate of drug-likeness (QED) is 0.661. The molecule has 0 bridgehead atoms. The van der Waals surface area contributed by atoms with Gasteiger partial charge in [0.05, 0.1) is 7.11 Å². The maximum atomic E-state index is 12.5. The summed E-state index contributed by atoms with van der Waals surface area (Å²) < 4.78 is 5.28. The minimum atomic E-state index is -0.187. The van der Waals surface area contributed by atoms with Crippen LogP contribution < -0.4 is 10.1 Å². The molecule has 0 aliphatic rings. The molecule has 0 radical (unpaired) electrons.